The van der Waals surface area contributed by atoms with Crippen LogP contribution in [0.3, 0.4) is 0 Å². The zero-order chi connectivity index (χ0) is 17.9. The highest BCUT2D eigenvalue weighted by Gasteiger charge is 2.28. The third-order valence-corrected chi connectivity index (χ3v) is 3.48. The molecule has 0 saturated carbocycles. The zero-order valence-electron chi connectivity index (χ0n) is 13.9. The van der Waals surface area contributed by atoms with E-state index in [1.165, 1.54) is 18.2 Å². The van der Waals surface area contributed by atoms with Gasteiger partial charge in [0.25, 0.3) is 11.6 Å². The number of nitrogens with one attached hydrogen (secondary N) is 1. The minimum absolute atomic E-state index is 0.0663. The molecule has 2 N–H and O–H groups in total. The lowest BCUT2D eigenvalue weighted by molar-refractivity contribution is -0.386. The fraction of sp³-hybridized carbons (Fsp3) is 0.500. The lowest BCUT2D eigenvalue weighted by Crippen LogP contribution is -2.44. The van der Waals surface area contributed by atoms with E-state index in [2.05, 4.69) is 5.32 Å². The summed E-state index contributed by atoms with van der Waals surface area (Å²) in [6, 6.07) is 3.15. The van der Waals surface area contributed by atoms with Crippen LogP contribution in [0.2, 0.25) is 0 Å². The van der Waals surface area contributed by atoms with Gasteiger partial charge in [-0.1, -0.05) is 40.7 Å². The van der Waals surface area contributed by atoms with E-state index in [9.17, 15) is 19.7 Å². The largest absolute Gasteiger partial charge is 0.480 e. The van der Waals surface area contributed by atoms with Crippen LogP contribution >= 0.6 is 0 Å². The van der Waals surface area contributed by atoms with Crippen LogP contribution in [0.15, 0.2) is 18.2 Å². The Bertz CT molecular complexity index is 632. The van der Waals surface area contributed by atoms with Crippen molar-refractivity contribution in [2.75, 3.05) is 0 Å². The molecular weight excluding hydrogens is 300 g/mol. The molecule has 23 heavy (non-hydrogen) atoms. The molecule has 7 heteroatoms. The summed E-state index contributed by atoms with van der Waals surface area (Å²) in [5.74, 6) is -2.09. The number of carboxylic acid groups (broad SMARTS) is 1. The summed E-state index contributed by atoms with van der Waals surface area (Å²) in [5, 5.41) is 22.8. The van der Waals surface area contributed by atoms with E-state index in [1.54, 1.807) is 13.8 Å². The molecule has 7 nitrogen and oxygen atoms in total. The monoisotopic (exact) mass is 322 g/mol. The molecule has 0 aromatic heterocycles. The molecule has 0 saturated heterocycles. The summed E-state index contributed by atoms with van der Waals surface area (Å²) in [7, 11) is 0. The number of hydrogen-bond acceptors (Lipinski definition) is 4. The number of rotatable bonds is 5. The Morgan fingerprint density at radius 3 is 2.22 bits per heavy atom. The first kappa shape index (κ1) is 18.6. The summed E-state index contributed by atoms with van der Waals surface area (Å²) >= 11 is 0. The molecule has 1 aromatic carbocycles. The fourth-order valence-corrected chi connectivity index (χ4v) is 2.20. The van der Waals surface area contributed by atoms with Crippen LogP contribution in [0, 0.1) is 16.0 Å². The number of carboxylic acids is 1. The van der Waals surface area contributed by atoms with Crippen molar-refractivity contribution in [3.8, 4) is 0 Å². The molecule has 0 unspecified atom stereocenters. The highest BCUT2D eigenvalue weighted by Crippen LogP contribution is 2.31. The summed E-state index contributed by atoms with van der Waals surface area (Å²) in [6.07, 6.45) is 0. The predicted octanol–water partition coefficient (Wildman–Crippen LogP) is 2.73. The van der Waals surface area contributed by atoms with E-state index in [-0.39, 0.29) is 17.2 Å². The molecule has 0 bridgehead atoms. The maximum Gasteiger partial charge on any atom is 0.326 e. The standard InChI is InChI=1S/C16H22N2O5/c1-9(2)13(15(20)21)17-14(19)10-6-7-11(16(3,4)5)12(8-10)18(22)23/h6-9,13H,1-5H3,(H,17,19)(H,20,21)/t13-/m1/s1. The van der Waals surface area contributed by atoms with Crippen molar-refractivity contribution in [1.82, 2.24) is 5.32 Å². The predicted molar refractivity (Wildman–Crippen MR) is 85.5 cm³/mol. The third kappa shape index (κ3) is 4.51. The highest BCUT2D eigenvalue weighted by molar-refractivity contribution is 5.97. The first-order chi connectivity index (χ1) is 10.4. The van der Waals surface area contributed by atoms with Crippen molar-refractivity contribution in [1.29, 1.82) is 0 Å². The molecule has 1 amide bonds. The molecule has 1 atom stereocenters. The summed E-state index contributed by atoms with van der Waals surface area (Å²) in [5.41, 5.74) is -0.0188. The number of hydrogen-bond donors (Lipinski definition) is 2. The van der Waals surface area contributed by atoms with Crippen LogP contribution in [0.1, 0.15) is 50.5 Å². The van der Waals surface area contributed by atoms with Gasteiger partial charge >= 0.3 is 5.97 Å². The first-order valence-electron chi connectivity index (χ1n) is 7.27. The smallest absolute Gasteiger partial charge is 0.326 e. The van der Waals surface area contributed by atoms with Gasteiger partial charge in [-0.25, -0.2) is 4.79 Å². The number of nitrogens with zero attached hydrogens (tertiary/aromatic N) is 1. The Morgan fingerprint density at radius 2 is 1.83 bits per heavy atom. The highest BCUT2D eigenvalue weighted by atomic mass is 16.6. The van der Waals surface area contributed by atoms with E-state index >= 15 is 0 Å². The minimum atomic E-state index is -1.14. The van der Waals surface area contributed by atoms with Crippen LogP contribution in [-0.2, 0) is 10.2 Å². The lowest BCUT2D eigenvalue weighted by Gasteiger charge is -2.20. The third-order valence-electron chi connectivity index (χ3n) is 3.48. The molecule has 0 spiro atoms. The van der Waals surface area contributed by atoms with E-state index in [0.717, 1.165) is 0 Å². The number of nitro benzene ring substituents is 1. The van der Waals surface area contributed by atoms with E-state index < -0.39 is 28.3 Å². The van der Waals surface area contributed by atoms with Gasteiger partial charge in [-0.15, -0.1) is 0 Å². The molecular formula is C16H22N2O5. The summed E-state index contributed by atoms with van der Waals surface area (Å²) in [6.45, 7) is 8.87. The second-order valence-corrected chi connectivity index (χ2v) is 6.77. The number of benzene rings is 1. The normalized spacial score (nSPS) is 12.8. The molecule has 0 aliphatic rings. The van der Waals surface area contributed by atoms with Crippen molar-refractivity contribution in [3.63, 3.8) is 0 Å². The van der Waals surface area contributed by atoms with Crippen molar-refractivity contribution < 1.29 is 19.6 Å². The fourth-order valence-electron chi connectivity index (χ4n) is 2.20. The van der Waals surface area contributed by atoms with Gasteiger partial charge in [-0.05, 0) is 17.4 Å². The van der Waals surface area contributed by atoms with Gasteiger partial charge in [0.05, 0.1) is 4.92 Å². The summed E-state index contributed by atoms with van der Waals surface area (Å²) in [4.78, 5) is 34.1. The maximum atomic E-state index is 12.2. The van der Waals surface area contributed by atoms with Crippen molar-refractivity contribution in [3.05, 3.63) is 39.4 Å². The van der Waals surface area contributed by atoms with Crippen molar-refractivity contribution >= 4 is 17.6 Å². The minimum Gasteiger partial charge on any atom is -0.480 e. The average Bonchev–Trinajstić information content (AvgIpc) is 2.41. The molecule has 1 aromatic rings. The van der Waals surface area contributed by atoms with Gasteiger partial charge in [0.2, 0.25) is 0 Å². The Labute approximate surface area is 134 Å². The quantitative estimate of drug-likeness (QED) is 0.640. The number of carbonyl (C=O) groups is 2. The first-order valence-corrected chi connectivity index (χ1v) is 7.27. The number of amides is 1. The number of aliphatic carboxylic acids is 1. The Hall–Kier alpha value is -2.44. The van der Waals surface area contributed by atoms with Crippen LogP contribution in [0.4, 0.5) is 5.69 Å². The number of carbonyl (C=O) groups excluding carboxylic acids is 1. The molecule has 0 heterocycles. The molecule has 0 radical (unpaired) electrons. The van der Waals surface area contributed by atoms with Gasteiger partial charge in [0.15, 0.2) is 0 Å². The lowest BCUT2D eigenvalue weighted by atomic mass is 9.85. The maximum absolute atomic E-state index is 12.2. The van der Waals surface area contributed by atoms with Gasteiger partial charge in [-0.2, -0.15) is 0 Å². The average molecular weight is 322 g/mol. The van der Waals surface area contributed by atoms with Crippen molar-refractivity contribution in [2.24, 2.45) is 5.92 Å². The number of nitro groups is 1. The van der Waals surface area contributed by atoms with Crippen LogP contribution in [-0.4, -0.2) is 27.9 Å². The Morgan fingerprint density at radius 1 is 1.26 bits per heavy atom. The van der Waals surface area contributed by atoms with Crippen LogP contribution < -0.4 is 5.32 Å². The molecule has 126 valence electrons. The van der Waals surface area contributed by atoms with Gasteiger partial charge in [0, 0.05) is 17.2 Å². The molecule has 0 aliphatic heterocycles. The Kier molecular flexibility index (Phi) is 5.47. The second-order valence-electron chi connectivity index (χ2n) is 6.77. The van der Waals surface area contributed by atoms with Gasteiger partial charge < -0.3 is 10.4 Å². The summed E-state index contributed by atoms with van der Waals surface area (Å²) < 4.78 is 0. The Balaban J connectivity index is 3.19. The van der Waals surface area contributed by atoms with E-state index in [4.69, 9.17) is 5.11 Å². The van der Waals surface area contributed by atoms with Gasteiger partial charge in [0.1, 0.15) is 6.04 Å². The molecule has 0 aliphatic carbocycles. The zero-order valence-corrected chi connectivity index (χ0v) is 13.9. The van der Waals surface area contributed by atoms with Crippen molar-refractivity contribution in [2.45, 2.75) is 46.1 Å². The molecule has 0 fully saturated rings. The van der Waals surface area contributed by atoms with E-state index in [1.807, 2.05) is 20.8 Å². The topological polar surface area (TPSA) is 110 Å². The SMILES string of the molecule is CC(C)[C@@H](NC(=O)c1ccc(C(C)(C)C)c([N+](=O)[O-])c1)C(=O)O. The van der Waals surface area contributed by atoms with Crippen LogP contribution in [0.5, 0.6) is 0 Å². The second kappa shape index (κ2) is 6.76. The van der Waals surface area contributed by atoms with Gasteiger partial charge in [-0.3, -0.25) is 14.9 Å². The van der Waals surface area contributed by atoms with Crippen LogP contribution in [0.25, 0.3) is 0 Å². The molecule has 1 rings (SSSR count). The van der Waals surface area contributed by atoms with E-state index in [0.29, 0.717) is 5.56 Å².